The van der Waals surface area contributed by atoms with Crippen LogP contribution in [0.5, 0.6) is 0 Å². The number of carbonyl (C=O) groups is 2. The number of nitrogens with zero attached hydrogens (tertiary/aromatic N) is 4. The molecule has 0 aliphatic rings. The van der Waals surface area contributed by atoms with E-state index in [0.29, 0.717) is 18.8 Å². The van der Waals surface area contributed by atoms with Gasteiger partial charge in [-0.05, 0) is 13.8 Å². The van der Waals surface area contributed by atoms with Crippen molar-refractivity contribution in [2.45, 2.75) is 20.4 Å². The molecule has 1 rings (SSSR count). The Morgan fingerprint density at radius 3 is 2.42 bits per heavy atom. The van der Waals surface area contributed by atoms with Gasteiger partial charge in [-0.15, -0.1) is 0 Å². The van der Waals surface area contributed by atoms with Crippen LogP contribution in [0.3, 0.4) is 0 Å². The number of anilines is 1. The third-order valence-corrected chi connectivity index (χ3v) is 2.81. The Kier molecular flexibility index (Phi) is 4.91. The summed E-state index contributed by atoms with van der Waals surface area (Å²) in [7, 11) is 3.31. The third-order valence-electron chi connectivity index (χ3n) is 2.81. The average Bonchev–Trinajstić information content (AvgIpc) is 2.75. The molecule has 0 atom stereocenters. The van der Waals surface area contributed by atoms with Crippen molar-refractivity contribution < 1.29 is 9.59 Å². The van der Waals surface area contributed by atoms with Crippen LogP contribution in [-0.2, 0) is 11.3 Å². The number of hydrogen-bond donors (Lipinski definition) is 1. The van der Waals surface area contributed by atoms with Crippen LogP contribution in [0.2, 0.25) is 0 Å². The number of aromatic nitrogens is 2. The molecule has 1 heterocycles. The summed E-state index contributed by atoms with van der Waals surface area (Å²) in [5, 5.41) is 4.12. The number of rotatable bonds is 5. The van der Waals surface area contributed by atoms with Gasteiger partial charge in [0.25, 0.3) is 5.91 Å². The Bertz CT molecular complexity index is 467. The van der Waals surface area contributed by atoms with Crippen molar-refractivity contribution in [2.24, 2.45) is 0 Å². The summed E-state index contributed by atoms with van der Waals surface area (Å²) in [6.45, 7) is 4.82. The van der Waals surface area contributed by atoms with Crippen molar-refractivity contribution in [2.75, 3.05) is 32.9 Å². The number of carbonyl (C=O) groups excluding carboxylic acids is 2. The standard InChI is InChI=1S/C12H21N5O2/c1-5-16(8-10(18)15(3)4)12(19)11-9(13)7-17(6-2)14-11/h7H,5-6,8,13H2,1-4H3. The normalized spacial score (nSPS) is 10.3. The largest absolute Gasteiger partial charge is 0.396 e. The Morgan fingerprint density at radius 2 is 2.00 bits per heavy atom. The molecule has 1 aromatic rings. The van der Waals surface area contributed by atoms with E-state index in [1.165, 1.54) is 9.80 Å². The van der Waals surface area contributed by atoms with Gasteiger partial charge in [-0.25, -0.2) is 0 Å². The first kappa shape index (κ1) is 15.0. The molecule has 2 N–H and O–H groups in total. The molecule has 0 aromatic carbocycles. The molecule has 19 heavy (non-hydrogen) atoms. The molecule has 106 valence electrons. The van der Waals surface area contributed by atoms with Gasteiger partial charge in [0.1, 0.15) is 6.54 Å². The lowest BCUT2D eigenvalue weighted by atomic mass is 10.3. The monoisotopic (exact) mass is 267 g/mol. The number of aryl methyl sites for hydroxylation is 1. The van der Waals surface area contributed by atoms with E-state index in [1.54, 1.807) is 25.0 Å². The van der Waals surface area contributed by atoms with E-state index in [-0.39, 0.29) is 24.1 Å². The molecular formula is C12H21N5O2. The van der Waals surface area contributed by atoms with Gasteiger partial charge in [-0.1, -0.05) is 0 Å². The van der Waals surface area contributed by atoms with E-state index in [1.807, 2.05) is 13.8 Å². The second kappa shape index (κ2) is 6.21. The lowest BCUT2D eigenvalue weighted by molar-refractivity contribution is -0.129. The van der Waals surface area contributed by atoms with E-state index in [2.05, 4.69) is 5.10 Å². The van der Waals surface area contributed by atoms with Gasteiger partial charge in [0.2, 0.25) is 5.91 Å². The maximum absolute atomic E-state index is 12.3. The predicted molar refractivity (Wildman–Crippen MR) is 72.6 cm³/mol. The number of hydrogen-bond acceptors (Lipinski definition) is 4. The Labute approximate surface area is 113 Å². The molecule has 0 aliphatic carbocycles. The number of amides is 2. The molecule has 7 nitrogen and oxygen atoms in total. The summed E-state index contributed by atoms with van der Waals surface area (Å²) in [5.74, 6) is -0.453. The van der Waals surface area contributed by atoms with Crippen molar-refractivity contribution in [3.05, 3.63) is 11.9 Å². The maximum Gasteiger partial charge on any atom is 0.276 e. The molecule has 0 aliphatic heterocycles. The smallest absolute Gasteiger partial charge is 0.276 e. The van der Waals surface area contributed by atoms with Gasteiger partial charge in [-0.2, -0.15) is 5.10 Å². The van der Waals surface area contributed by atoms with Crippen molar-refractivity contribution in [3.8, 4) is 0 Å². The highest BCUT2D eigenvalue weighted by Crippen LogP contribution is 2.12. The first-order valence-corrected chi connectivity index (χ1v) is 6.23. The fourth-order valence-corrected chi connectivity index (χ4v) is 1.55. The van der Waals surface area contributed by atoms with Crippen LogP contribution in [0.15, 0.2) is 6.20 Å². The third kappa shape index (κ3) is 3.46. The van der Waals surface area contributed by atoms with Crippen LogP contribution in [0, 0.1) is 0 Å². The Hall–Kier alpha value is -2.05. The Balaban J connectivity index is 2.89. The first-order chi connectivity index (χ1) is 8.90. The van der Waals surface area contributed by atoms with Crippen LogP contribution in [0.25, 0.3) is 0 Å². The lowest BCUT2D eigenvalue weighted by Crippen LogP contribution is -2.40. The molecule has 7 heteroatoms. The predicted octanol–water partition coefficient (Wildman–Crippen LogP) is 0.0355. The van der Waals surface area contributed by atoms with Crippen LogP contribution in [0.4, 0.5) is 5.69 Å². The summed E-state index contributed by atoms with van der Waals surface area (Å²) < 4.78 is 1.60. The molecule has 0 radical (unpaired) electrons. The molecule has 0 spiro atoms. The minimum atomic E-state index is -0.317. The van der Waals surface area contributed by atoms with Crippen molar-refractivity contribution in [1.29, 1.82) is 0 Å². The van der Waals surface area contributed by atoms with Gasteiger partial charge in [0, 0.05) is 33.4 Å². The SMILES string of the molecule is CCN(CC(=O)N(C)C)C(=O)c1nn(CC)cc1N. The van der Waals surface area contributed by atoms with E-state index >= 15 is 0 Å². The fraction of sp³-hybridized carbons (Fsp3) is 0.583. The second-order valence-corrected chi connectivity index (χ2v) is 4.40. The summed E-state index contributed by atoms with van der Waals surface area (Å²) in [5.41, 5.74) is 6.31. The van der Waals surface area contributed by atoms with Crippen molar-refractivity contribution in [1.82, 2.24) is 19.6 Å². The summed E-state index contributed by atoms with van der Waals surface area (Å²) in [6.07, 6.45) is 1.62. The second-order valence-electron chi connectivity index (χ2n) is 4.40. The first-order valence-electron chi connectivity index (χ1n) is 6.23. The summed E-state index contributed by atoms with van der Waals surface area (Å²) >= 11 is 0. The molecule has 1 aromatic heterocycles. The summed E-state index contributed by atoms with van der Waals surface area (Å²) in [6, 6.07) is 0. The maximum atomic E-state index is 12.3. The quantitative estimate of drug-likeness (QED) is 0.816. The number of nitrogen functional groups attached to an aromatic ring is 1. The zero-order valence-electron chi connectivity index (χ0n) is 11.9. The zero-order chi connectivity index (χ0) is 14.6. The van der Waals surface area contributed by atoms with E-state index in [4.69, 9.17) is 5.73 Å². The lowest BCUT2D eigenvalue weighted by Gasteiger charge is -2.21. The van der Waals surface area contributed by atoms with Gasteiger partial charge < -0.3 is 15.5 Å². The number of likely N-dealkylation sites (N-methyl/N-ethyl adjacent to an activating group) is 2. The van der Waals surface area contributed by atoms with Gasteiger partial charge in [0.05, 0.1) is 5.69 Å². The van der Waals surface area contributed by atoms with Gasteiger partial charge in [-0.3, -0.25) is 14.3 Å². The van der Waals surface area contributed by atoms with Crippen molar-refractivity contribution in [3.63, 3.8) is 0 Å². The molecule has 0 unspecified atom stereocenters. The van der Waals surface area contributed by atoms with E-state index < -0.39 is 0 Å². The highest BCUT2D eigenvalue weighted by atomic mass is 16.2. The average molecular weight is 267 g/mol. The highest BCUT2D eigenvalue weighted by molar-refractivity contribution is 5.98. The molecule has 0 saturated carbocycles. The van der Waals surface area contributed by atoms with Crippen LogP contribution in [-0.4, -0.2) is 58.6 Å². The van der Waals surface area contributed by atoms with Crippen LogP contribution in [0.1, 0.15) is 24.3 Å². The van der Waals surface area contributed by atoms with Crippen LogP contribution >= 0.6 is 0 Å². The fourth-order valence-electron chi connectivity index (χ4n) is 1.55. The molecular weight excluding hydrogens is 246 g/mol. The zero-order valence-corrected chi connectivity index (χ0v) is 11.9. The molecule has 0 fully saturated rings. The molecule has 0 saturated heterocycles. The van der Waals surface area contributed by atoms with Gasteiger partial charge >= 0.3 is 0 Å². The highest BCUT2D eigenvalue weighted by Gasteiger charge is 2.22. The topological polar surface area (TPSA) is 84.5 Å². The minimum Gasteiger partial charge on any atom is -0.396 e. The van der Waals surface area contributed by atoms with E-state index in [0.717, 1.165) is 0 Å². The Morgan fingerprint density at radius 1 is 1.37 bits per heavy atom. The number of nitrogens with two attached hydrogens (primary N) is 1. The minimum absolute atomic E-state index is 0.0285. The molecule has 2 amide bonds. The molecule has 0 bridgehead atoms. The van der Waals surface area contributed by atoms with Gasteiger partial charge in [0.15, 0.2) is 5.69 Å². The van der Waals surface area contributed by atoms with Crippen LogP contribution < -0.4 is 5.73 Å². The van der Waals surface area contributed by atoms with E-state index in [9.17, 15) is 9.59 Å². The summed E-state index contributed by atoms with van der Waals surface area (Å²) in [4.78, 5) is 26.8. The van der Waals surface area contributed by atoms with Crippen molar-refractivity contribution >= 4 is 17.5 Å².